The molecule has 1 fully saturated rings. The third-order valence-electron chi connectivity index (χ3n) is 2.68. The lowest BCUT2D eigenvalue weighted by Gasteiger charge is -2.32. The van der Waals surface area contributed by atoms with Crippen LogP contribution in [0.4, 0.5) is 0 Å². The molecule has 2 rings (SSSR count). The number of hydrogen-bond acceptors (Lipinski definition) is 1. The molecule has 1 aliphatic rings. The molecular weight excluding hydrogens is 162 g/mol. The van der Waals surface area contributed by atoms with Crippen LogP contribution in [0.15, 0.2) is 30.3 Å². The Hall–Kier alpha value is -0.860. The lowest BCUT2D eigenvalue weighted by Crippen LogP contribution is -2.36. The van der Waals surface area contributed by atoms with Crippen LogP contribution in [0.25, 0.3) is 0 Å². The maximum atomic E-state index is 10.3. The van der Waals surface area contributed by atoms with Gasteiger partial charge in [-0.05, 0) is 18.4 Å². The molecule has 13 heavy (non-hydrogen) atoms. The van der Waals surface area contributed by atoms with Crippen LogP contribution in [-0.4, -0.2) is 18.2 Å². The number of aliphatic hydroxyl groups is 1. The SMILES string of the molecule is OC1(c2ccccc2)CC[N]CC1. The standard InChI is InChI=1S/C11H14NO/c13-11(6-8-12-9-7-11)10-4-2-1-3-5-10/h1-5,13H,6-9H2. The van der Waals surface area contributed by atoms with Gasteiger partial charge in [-0.3, -0.25) is 0 Å². The summed E-state index contributed by atoms with van der Waals surface area (Å²) in [4.78, 5) is 0. The summed E-state index contributed by atoms with van der Waals surface area (Å²) in [6.45, 7) is 1.57. The summed E-state index contributed by atoms with van der Waals surface area (Å²) in [5, 5.41) is 14.5. The van der Waals surface area contributed by atoms with Crippen molar-refractivity contribution < 1.29 is 5.11 Å². The smallest absolute Gasteiger partial charge is 0.0922 e. The monoisotopic (exact) mass is 176 g/mol. The zero-order valence-electron chi connectivity index (χ0n) is 7.61. The van der Waals surface area contributed by atoms with E-state index >= 15 is 0 Å². The molecule has 1 radical (unpaired) electrons. The number of piperidine rings is 1. The van der Waals surface area contributed by atoms with E-state index < -0.39 is 5.60 Å². The van der Waals surface area contributed by atoms with Crippen molar-refractivity contribution in [2.24, 2.45) is 0 Å². The number of nitrogens with zero attached hydrogens (tertiary/aromatic N) is 1. The summed E-state index contributed by atoms with van der Waals surface area (Å²) >= 11 is 0. The van der Waals surface area contributed by atoms with Crippen LogP contribution in [0.1, 0.15) is 18.4 Å². The van der Waals surface area contributed by atoms with Crippen LogP contribution in [0, 0.1) is 0 Å². The summed E-state index contributed by atoms with van der Waals surface area (Å²) in [7, 11) is 0. The zero-order chi connectivity index (χ0) is 9.15. The van der Waals surface area contributed by atoms with E-state index in [4.69, 9.17) is 0 Å². The summed E-state index contributed by atoms with van der Waals surface area (Å²) < 4.78 is 0. The van der Waals surface area contributed by atoms with Crippen molar-refractivity contribution >= 4 is 0 Å². The Kier molecular flexibility index (Phi) is 2.34. The van der Waals surface area contributed by atoms with Crippen molar-refractivity contribution in [2.75, 3.05) is 13.1 Å². The molecule has 2 heteroatoms. The fourth-order valence-electron chi connectivity index (χ4n) is 1.80. The van der Waals surface area contributed by atoms with Crippen LogP contribution in [0.2, 0.25) is 0 Å². The molecule has 0 aromatic heterocycles. The fourth-order valence-corrected chi connectivity index (χ4v) is 1.80. The van der Waals surface area contributed by atoms with Gasteiger partial charge in [-0.25, -0.2) is 5.32 Å². The third kappa shape index (κ3) is 1.74. The number of rotatable bonds is 1. The first kappa shape index (κ1) is 8.73. The van der Waals surface area contributed by atoms with E-state index in [-0.39, 0.29) is 0 Å². The van der Waals surface area contributed by atoms with Gasteiger partial charge in [0.2, 0.25) is 0 Å². The molecule has 1 aromatic carbocycles. The summed E-state index contributed by atoms with van der Waals surface area (Å²) in [6.07, 6.45) is 1.52. The van der Waals surface area contributed by atoms with Gasteiger partial charge in [0.15, 0.2) is 0 Å². The van der Waals surface area contributed by atoms with E-state index in [1.165, 1.54) is 0 Å². The molecular formula is C11H14NO. The summed E-state index contributed by atoms with van der Waals surface area (Å²) in [5.74, 6) is 0. The topological polar surface area (TPSA) is 34.3 Å². The minimum atomic E-state index is -0.622. The molecule has 69 valence electrons. The molecule has 0 amide bonds. The van der Waals surface area contributed by atoms with Gasteiger partial charge in [0.1, 0.15) is 0 Å². The minimum Gasteiger partial charge on any atom is -0.385 e. The second-order valence-electron chi connectivity index (χ2n) is 3.57. The van der Waals surface area contributed by atoms with Crippen LogP contribution in [0.3, 0.4) is 0 Å². The van der Waals surface area contributed by atoms with Gasteiger partial charge in [0.25, 0.3) is 0 Å². The molecule has 1 aliphatic heterocycles. The van der Waals surface area contributed by atoms with Gasteiger partial charge in [-0.15, -0.1) is 0 Å². The van der Waals surface area contributed by atoms with E-state index in [9.17, 15) is 5.11 Å². The Morgan fingerprint density at radius 3 is 2.31 bits per heavy atom. The van der Waals surface area contributed by atoms with Crippen molar-refractivity contribution in [3.63, 3.8) is 0 Å². The Bertz CT molecular complexity index is 265. The predicted molar refractivity (Wildman–Crippen MR) is 51.4 cm³/mol. The van der Waals surface area contributed by atoms with Crippen molar-refractivity contribution in [2.45, 2.75) is 18.4 Å². The minimum absolute atomic E-state index is 0.622. The first-order valence-corrected chi connectivity index (χ1v) is 4.72. The Morgan fingerprint density at radius 1 is 1.08 bits per heavy atom. The normalized spacial score (nSPS) is 21.3. The number of hydrogen-bond donors (Lipinski definition) is 1. The van der Waals surface area contributed by atoms with E-state index in [0.717, 1.165) is 31.5 Å². The highest BCUT2D eigenvalue weighted by Gasteiger charge is 2.30. The highest BCUT2D eigenvalue weighted by molar-refractivity contribution is 5.22. The molecule has 1 aromatic rings. The molecule has 0 saturated carbocycles. The lowest BCUT2D eigenvalue weighted by molar-refractivity contribution is 0.00515. The molecule has 0 atom stereocenters. The van der Waals surface area contributed by atoms with E-state index in [1.807, 2.05) is 30.3 Å². The fraction of sp³-hybridized carbons (Fsp3) is 0.455. The van der Waals surface area contributed by atoms with Crippen molar-refractivity contribution in [1.29, 1.82) is 0 Å². The first-order valence-electron chi connectivity index (χ1n) is 4.72. The second kappa shape index (κ2) is 3.48. The quantitative estimate of drug-likeness (QED) is 0.687. The number of benzene rings is 1. The third-order valence-corrected chi connectivity index (χ3v) is 2.68. The Morgan fingerprint density at radius 2 is 1.69 bits per heavy atom. The van der Waals surface area contributed by atoms with Crippen molar-refractivity contribution in [3.8, 4) is 0 Å². The summed E-state index contributed by atoms with van der Waals surface area (Å²) in [5.41, 5.74) is 0.410. The maximum absolute atomic E-state index is 10.3. The molecule has 1 N–H and O–H groups in total. The van der Waals surface area contributed by atoms with Crippen LogP contribution in [-0.2, 0) is 5.60 Å². The van der Waals surface area contributed by atoms with Crippen LogP contribution in [0.5, 0.6) is 0 Å². The van der Waals surface area contributed by atoms with Crippen LogP contribution >= 0.6 is 0 Å². The average Bonchev–Trinajstić information content (AvgIpc) is 2.20. The maximum Gasteiger partial charge on any atom is 0.0922 e. The predicted octanol–water partition coefficient (Wildman–Crippen LogP) is 1.27. The van der Waals surface area contributed by atoms with E-state index in [2.05, 4.69) is 5.32 Å². The average molecular weight is 176 g/mol. The highest BCUT2D eigenvalue weighted by Crippen LogP contribution is 2.30. The summed E-state index contributed by atoms with van der Waals surface area (Å²) in [6, 6.07) is 9.90. The van der Waals surface area contributed by atoms with Gasteiger partial charge >= 0.3 is 0 Å². The largest absolute Gasteiger partial charge is 0.385 e. The van der Waals surface area contributed by atoms with Crippen molar-refractivity contribution in [3.05, 3.63) is 35.9 Å². The van der Waals surface area contributed by atoms with Gasteiger partial charge in [0.05, 0.1) is 5.60 Å². The molecule has 1 heterocycles. The molecule has 0 spiro atoms. The van der Waals surface area contributed by atoms with Gasteiger partial charge in [0, 0.05) is 13.1 Å². The van der Waals surface area contributed by atoms with Gasteiger partial charge in [-0.2, -0.15) is 0 Å². The Labute approximate surface area is 78.6 Å². The second-order valence-corrected chi connectivity index (χ2v) is 3.57. The van der Waals surface area contributed by atoms with Crippen LogP contribution < -0.4 is 5.32 Å². The molecule has 0 unspecified atom stereocenters. The molecule has 1 saturated heterocycles. The van der Waals surface area contributed by atoms with Gasteiger partial charge < -0.3 is 5.11 Å². The van der Waals surface area contributed by atoms with Gasteiger partial charge in [-0.1, -0.05) is 30.3 Å². The van der Waals surface area contributed by atoms with Crippen molar-refractivity contribution in [1.82, 2.24) is 5.32 Å². The molecule has 2 nitrogen and oxygen atoms in total. The zero-order valence-corrected chi connectivity index (χ0v) is 7.61. The Balaban J connectivity index is 2.23. The molecule has 0 aliphatic carbocycles. The lowest BCUT2D eigenvalue weighted by atomic mass is 9.85. The van der Waals surface area contributed by atoms with E-state index in [0.29, 0.717) is 0 Å². The molecule has 0 bridgehead atoms. The highest BCUT2D eigenvalue weighted by atomic mass is 16.3. The van der Waals surface area contributed by atoms with E-state index in [1.54, 1.807) is 0 Å². The first-order chi connectivity index (χ1) is 6.31.